The van der Waals surface area contributed by atoms with Crippen LogP contribution in [0.4, 0.5) is 17.5 Å². The lowest BCUT2D eigenvalue weighted by Gasteiger charge is -2.11. The number of anilines is 3. The summed E-state index contributed by atoms with van der Waals surface area (Å²) in [6, 6.07) is 8.30. The molecule has 2 rings (SSSR count). The molecule has 118 valence electrons. The van der Waals surface area contributed by atoms with E-state index in [0.29, 0.717) is 5.95 Å². The smallest absolute Gasteiger partial charge is 0.224 e. The Morgan fingerprint density at radius 1 is 0.955 bits per heavy atom. The molecule has 0 atom stereocenters. The van der Waals surface area contributed by atoms with Gasteiger partial charge in [0.1, 0.15) is 5.82 Å². The molecule has 1 heterocycles. The van der Waals surface area contributed by atoms with Crippen LogP contribution in [0.5, 0.6) is 0 Å². The number of hydrogen-bond acceptors (Lipinski definition) is 4. The zero-order valence-corrected chi connectivity index (χ0v) is 14.0. The molecule has 4 heteroatoms. The van der Waals surface area contributed by atoms with Gasteiger partial charge in [0, 0.05) is 24.0 Å². The van der Waals surface area contributed by atoms with Gasteiger partial charge < -0.3 is 10.6 Å². The number of aryl methyl sites for hydroxylation is 3. The third kappa shape index (κ3) is 4.72. The fourth-order valence-corrected chi connectivity index (χ4v) is 2.25. The maximum atomic E-state index is 4.55. The zero-order valence-electron chi connectivity index (χ0n) is 14.0. The number of rotatable bonds is 7. The van der Waals surface area contributed by atoms with Crippen LogP contribution in [0, 0.1) is 20.8 Å². The van der Waals surface area contributed by atoms with Crippen molar-refractivity contribution in [2.24, 2.45) is 0 Å². The highest BCUT2D eigenvalue weighted by Gasteiger charge is 2.03. The average molecular weight is 298 g/mol. The molecular formula is C18H26N4. The molecule has 0 saturated carbocycles. The molecule has 0 aliphatic rings. The van der Waals surface area contributed by atoms with E-state index in [4.69, 9.17) is 0 Å². The predicted molar refractivity (Wildman–Crippen MR) is 94.0 cm³/mol. The summed E-state index contributed by atoms with van der Waals surface area (Å²) in [5.74, 6) is 1.52. The van der Waals surface area contributed by atoms with Crippen molar-refractivity contribution in [1.82, 2.24) is 9.97 Å². The molecule has 1 aromatic carbocycles. The normalized spacial score (nSPS) is 10.5. The Bertz CT molecular complexity index is 622. The van der Waals surface area contributed by atoms with Crippen LogP contribution < -0.4 is 10.6 Å². The molecule has 0 fully saturated rings. The Kier molecular flexibility index (Phi) is 5.75. The van der Waals surface area contributed by atoms with Crippen LogP contribution in [0.15, 0.2) is 24.3 Å². The van der Waals surface area contributed by atoms with Crippen LogP contribution in [0.25, 0.3) is 0 Å². The van der Waals surface area contributed by atoms with Crippen molar-refractivity contribution in [3.8, 4) is 0 Å². The maximum Gasteiger partial charge on any atom is 0.224 e. The Morgan fingerprint density at radius 3 is 2.50 bits per heavy atom. The van der Waals surface area contributed by atoms with Crippen LogP contribution >= 0.6 is 0 Å². The third-order valence-corrected chi connectivity index (χ3v) is 3.70. The first-order valence-corrected chi connectivity index (χ1v) is 8.02. The van der Waals surface area contributed by atoms with Gasteiger partial charge in [-0.05, 0) is 50.5 Å². The van der Waals surface area contributed by atoms with Crippen molar-refractivity contribution in [3.63, 3.8) is 0 Å². The van der Waals surface area contributed by atoms with E-state index in [1.54, 1.807) is 0 Å². The maximum absolute atomic E-state index is 4.55. The van der Waals surface area contributed by atoms with Crippen LogP contribution in [0.1, 0.15) is 43.0 Å². The van der Waals surface area contributed by atoms with Crippen LogP contribution in [-0.2, 0) is 0 Å². The highest BCUT2D eigenvalue weighted by Crippen LogP contribution is 2.19. The fraction of sp³-hybridized carbons (Fsp3) is 0.444. The third-order valence-electron chi connectivity index (χ3n) is 3.70. The minimum absolute atomic E-state index is 0.697. The van der Waals surface area contributed by atoms with Gasteiger partial charge in [-0.25, -0.2) is 4.98 Å². The highest BCUT2D eigenvalue weighted by molar-refractivity contribution is 5.59. The Hall–Kier alpha value is -2.10. The first kappa shape index (κ1) is 16.3. The van der Waals surface area contributed by atoms with E-state index in [1.165, 1.54) is 24.0 Å². The number of hydrogen-bond donors (Lipinski definition) is 2. The van der Waals surface area contributed by atoms with E-state index in [-0.39, 0.29) is 0 Å². The quantitative estimate of drug-likeness (QED) is 0.724. The number of nitrogens with one attached hydrogen (secondary N) is 2. The van der Waals surface area contributed by atoms with E-state index >= 15 is 0 Å². The Labute approximate surface area is 133 Å². The summed E-state index contributed by atoms with van der Waals surface area (Å²) >= 11 is 0. The molecule has 2 N–H and O–H groups in total. The Morgan fingerprint density at radius 2 is 1.77 bits per heavy atom. The molecule has 4 nitrogen and oxygen atoms in total. The van der Waals surface area contributed by atoms with Crippen molar-refractivity contribution in [3.05, 3.63) is 41.1 Å². The van der Waals surface area contributed by atoms with Crippen molar-refractivity contribution in [1.29, 1.82) is 0 Å². The van der Waals surface area contributed by atoms with E-state index in [0.717, 1.165) is 30.2 Å². The second-order valence-electron chi connectivity index (χ2n) is 5.78. The van der Waals surface area contributed by atoms with Crippen molar-refractivity contribution in [2.45, 2.75) is 47.0 Å². The fourth-order valence-electron chi connectivity index (χ4n) is 2.25. The summed E-state index contributed by atoms with van der Waals surface area (Å²) in [6.45, 7) is 9.35. The lowest BCUT2D eigenvalue weighted by atomic mass is 10.1. The first-order chi connectivity index (χ1) is 10.6. The van der Waals surface area contributed by atoms with Crippen molar-refractivity contribution < 1.29 is 0 Å². The zero-order chi connectivity index (χ0) is 15.9. The standard InChI is InChI=1S/C18H26N4/c1-5-6-7-10-19-18-20-15(4)12-17(22-18)21-16-9-8-13(2)14(3)11-16/h8-9,11-12H,5-7,10H2,1-4H3,(H2,19,20,21,22). The molecule has 0 aliphatic heterocycles. The van der Waals surface area contributed by atoms with Crippen LogP contribution in [0.2, 0.25) is 0 Å². The first-order valence-electron chi connectivity index (χ1n) is 8.02. The minimum Gasteiger partial charge on any atom is -0.354 e. The van der Waals surface area contributed by atoms with Gasteiger partial charge >= 0.3 is 0 Å². The summed E-state index contributed by atoms with van der Waals surface area (Å²) < 4.78 is 0. The lowest BCUT2D eigenvalue weighted by Crippen LogP contribution is -2.07. The number of aromatic nitrogens is 2. The molecule has 0 unspecified atom stereocenters. The van der Waals surface area contributed by atoms with Crippen LogP contribution in [-0.4, -0.2) is 16.5 Å². The summed E-state index contributed by atoms with van der Waals surface area (Å²) in [5.41, 5.74) is 4.58. The van der Waals surface area contributed by atoms with Gasteiger partial charge in [-0.3, -0.25) is 0 Å². The summed E-state index contributed by atoms with van der Waals surface area (Å²) in [4.78, 5) is 8.99. The monoisotopic (exact) mass is 298 g/mol. The van der Waals surface area contributed by atoms with Gasteiger partial charge in [-0.1, -0.05) is 25.8 Å². The van der Waals surface area contributed by atoms with Gasteiger partial charge in [0.05, 0.1) is 0 Å². The molecule has 0 amide bonds. The molecule has 0 radical (unpaired) electrons. The van der Waals surface area contributed by atoms with Crippen LogP contribution in [0.3, 0.4) is 0 Å². The average Bonchev–Trinajstić information content (AvgIpc) is 2.47. The number of benzene rings is 1. The molecule has 0 bridgehead atoms. The predicted octanol–water partition coefficient (Wildman–Crippen LogP) is 4.75. The number of unbranched alkanes of at least 4 members (excludes halogenated alkanes) is 2. The molecule has 1 aromatic heterocycles. The van der Waals surface area contributed by atoms with E-state index in [9.17, 15) is 0 Å². The van der Waals surface area contributed by atoms with Gasteiger partial charge in [-0.2, -0.15) is 4.98 Å². The van der Waals surface area contributed by atoms with Gasteiger partial charge in [0.15, 0.2) is 0 Å². The SMILES string of the molecule is CCCCCNc1nc(C)cc(Nc2ccc(C)c(C)c2)n1. The summed E-state index contributed by atoms with van der Waals surface area (Å²) in [5, 5.41) is 6.67. The highest BCUT2D eigenvalue weighted by atomic mass is 15.1. The Balaban J connectivity index is 2.06. The second-order valence-corrected chi connectivity index (χ2v) is 5.78. The largest absolute Gasteiger partial charge is 0.354 e. The minimum atomic E-state index is 0.697. The van der Waals surface area contributed by atoms with Gasteiger partial charge in [0.25, 0.3) is 0 Å². The molecule has 0 spiro atoms. The van der Waals surface area contributed by atoms with Gasteiger partial charge in [0.2, 0.25) is 5.95 Å². The molecule has 0 saturated heterocycles. The van der Waals surface area contributed by atoms with E-state index in [2.05, 4.69) is 59.6 Å². The lowest BCUT2D eigenvalue weighted by molar-refractivity contribution is 0.740. The van der Waals surface area contributed by atoms with E-state index < -0.39 is 0 Å². The molecule has 22 heavy (non-hydrogen) atoms. The molecular weight excluding hydrogens is 272 g/mol. The van der Waals surface area contributed by atoms with E-state index in [1.807, 2.05) is 13.0 Å². The second kappa shape index (κ2) is 7.78. The van der Waals surface area contributed by atoms with Crippen molar-refractivity contribution in [2.75, 3.05) is 17.2 Å². The topological polar surface area (TPSA) is 49.8 Å². The molecule has 0 aliphatic carbocycles. The van der Waals surface area contributed by atoms with Crippen molar-refractivity contribution >= 4 is 17.5 Å². The number of nitrogens with zero attached hydrogens (tertiary/aromatic N) is 2. The molecule has 2 aromatic rings. The summed E-state index contributed by atoms with van der Waals surface area (Å²) in [6.07, 6.45) is 3.59. The van der Waals surface area contributed by atoms with Gasteiger partial charge in [-0.15, -0.1) is 0 Å². The summed E-state index contributed by atoms with van der Waals surface area (Å²) in [7, 11) is 0.